The molecule has 1 N–H and O–H groups in total. The quantitative estimate of drug-likeness (QED) is 0.926. The Morgan fingerprint density at radius 1 is 1.35 bits per heavy atom. The molecule has 23 heavy (non-hydrogen) atoms. The van der Waals surface area contributed by atoms with E-state index >= 15 is 0 Å². The van der Waals surface area contributed by atoms with Crippen LogP contribution in [0.15, 0.2) is 24.3 Å². The summed E-state index contributed by atoms with van der Waals surface area (Å²) in [5, 5.41) is 9.90. The number of likely N-dealkylation sites (tertiary alicyclic amines) is 1. The maximum absolute atomic E-state index is 13.2. The van der Waals surface area contributed by atoms with Crippen LogP contribution in [-0.4, -0.2) is 48.8 Å². The fourth-order valence-corrected chi connectivity index (χ4v) is 4.40. The van der Waals surface area contributed by atoms with Crippen LogP contribution in [0.2, 0.25) is 0 Å². The molecule has 0 bridgehead atoms. The van der Waals surface area contributed by atoms with Crippen LogP contribution in [0.3, 0.4) is 0 Å². The van der Waals surface area contributed by atoms with Crippen molar-refractivity contribution in [2.45, 2.75) is 31.6 Å². The molecule has 2 heterocycles. The van der Waals surface area contributed by atoms with Crippen LogP contribution < -0.4 is 0 Å². The van der Waals surface area contributed by atoms with E-state index in [4.69, 9.17) is 4.74 Å². The Bertz CT molecular complexity index is 608. The third-order valence-corrected chi connectivity index (χ3v) is 6.18. The molecule has 4 nitrogen and oxygen atoms in total. The summed E-state index contributed by atoms with van der Waals surface area (Å²) in [6.07, 6.45) is 2.83. The van der Waals surface area contributed by atoms with Crippen molar-refractivity contribution in [2.24, 2.45) is 11.3 Å². The van der Waals surface area contributed by atoms with Gasteiger partial charge in [-0.1, -0.05) is 29.8 Å². The molecule has 1 aromatic carbocycles. The average Bonchev–Trinajstić information content (AvgIpc) is 3.29. The molecule has 1 saturated carbocycles. The number of aryl methyl sites for hydroxylation is 1. The molecule has 3 fully saturated rings. The second-order valence-electron chi connectivity index (χ2n) is 7.69. The van der Waals surface area contributed by atoms with E-state index in [0.29, 0.717) is 19.1 Å². The number of rotatable bonds is 3. The van der Waals surface area contributed by atoms with Crippen LogP contribution in [0.1, 0.15) is 30.4 Å². The zero-order valence-corrected chi connectivity index (χ0v) is 13.8. The van der Waals surface area contributed by atoms with E-state index in [0.717, 1.165) is 38.0 Å². The van der Waals surface area contributed by atoms with Crippen molar-refractivity contribution in [1.82, 2.24) is 4.90 Å². The minimum Gasteiger partial charge on any atom is -0.396 e. The van der Waals surface area contributed by atoms with E-state index in [-0.39, 0.29) is 23.3 Å². The highest BCUT2D eigenvalue weighted by atomic mass is 16.5. The van der Waals surface area contributed by atoms with Crippen LogP contribution in [0, 0.1) is 18.3 Å². The Hall–Kier alpha value is -1.39. The van der Waals surface area contributed by atoms with Crippen molar-refractivity contribution < 1.29 is 14.6 Å². The number of nitrogens with zero attached hydrogens (tertiary/aromatic N) is 1. The minimum atomic E-state index is -0.307. The first-order valence-electron chi connectivity index (χ1n) is 8.65. The standard InChI is InChI=1S/C19H25NO3/c1-14-2-4-15(5-3-14)19(7-8-19)17(22)20-10-16-6-9-23-13-18(16,11-20)12-21/h2-5,16,21H,6-13H2,1H3/t16-,18+/m0/s1. The lowest BCUT2D eigenvalue weighted by molar-refractivity contribution is -0.133. The van der Waals surface area contributed by atoms with Crippen LogP contribution >= 0.6 is 0 Å². The van der Waals surface area contributed by atoms with Gasteiger partial charge in [0.1, 0.15) is 0 Å². The number of benzene rings is 1. The van der Waals surface area contributed by atoms with E-state index in [9.17, 15) is 9.90 Å². The molecule has 1 aromatic rings. The van der Waals surface area contributed by atoms with Gasteiger partial charge in [-0.25, -0.2) is 0 Å². The van der Waals surface area contributed by atoms with E-state index in [1.165, 1.54) is 5.56 Å². The summed E-state index contributed by atoms with van der Waals surface area (Å²) in [5.41, 5.74) is 1.83. The number of hydrogen-bond donors (Lipinski definition) is 1. The van der Waals surface area contributed by atoms with E-state index < -0.39 is 0 Å². The van der Waals surface area contributed by atoms with Crippen molar-refractivity contribution in [3.05, 3.63) is 35.4 Å². The molecular formula is C19H25NO3. The second kappa shape index (κ2) is 5.32. The summed E-state index contributed by atoms with van der Waals surface area (Å²) in [6.45, 7) is 4.92. The zero-order chi connectivity index (χ0) is 16.1. The van der Waals surface area contributed by atoms with Crippen LogP contribution in [0.4, 0.5) is 0 Å². The van der Waals surface area contributed by atoms with Crippen LogP contribution in [-0.2, 0) is 14.9 Å². The summed E-state index contributed by atoms with van der Waals surface area (Å²) in [4.78, 5) is 15.2. The van der Waals surface area contributed by atoms with Crippen molar-refractivity contribution >= 4 is 5.91 Å². The number of fused-ring (bicyclic) bond motifs is 1. The summed E-state index contributed by atoms with van der Waals surface area (Å²) >= 11 is 0. The maximum Gasteiger partial charge on any atom is 0.233 e. The normalized spacial score (nSPS) is 31.7. The number of aliphatic hydroxyl groups is 1. The van der Waals surface area contributed by atoms with Gasteiger partial charge in [-0.05, 0) is 37.7 Å². The maximum atomic E-state index is 13.2. The largest absolute Gasteiger partial charge is 0.396 e. The number of amides is 1. The predicted molar refractivity (Wildman–Crippen MR) is 87.1 cm³/mol. The third kappa shape index (κ3) is 2.31. The van der Waals surface area contributed by atoms with Gasteiger partial charge in [-0.2, -0.15) is 0 Å². The fourth-order valence-electron chi connectivity index (χ4n) is 4.40. The zero-order valence-electron chi connectivity index (χ0n) is 13.8. The van der Waals surface area contributed by atoms with Crippen molar-refractivity contribution in [1.29, 1.82) is 0 Å². The van der Waals surface area contributed by atoms with Gasteiger partial charge in [0.05, 0.1) is 18.6 Å². The Kier molecular flexibility index (Phi) is 3.50. The van der Waals surface area contributed by atoms with E-state index in [1.54, 1.807) is 0 Å². The van der Waals surface area contributed by atoms with Gasteiger partial charge in [-0.3, -0.25) is 4.79 Å². The topological polar surface area (TPSA) is 49.8 Å². The van der Waals surface area contributed by atoms with Crippen LogP contribution in [0.25, 0.3) is 0 Å². The highest BCUT2D eigenvalue weighted by Crippen LogP contribution is 2.51. The summed E-state index contributed by atoms with van der Waals surface area (Å²) in [5.74, 6) is 0.627. The molecule has 1 amide bonds. The predicted octanol–water partition coefficient (Wildman–Crippen LogP) is 1.88. The first-order valence-corrected chi connectivity index (χ1v) is 8.65. The summed E-state index contributed by atoms with van der Waals surface area (Å²) in [6, 6.07) is 8.40. The van der Waals surface area contributed by atoms with Gasteiger partial charge in [0, 0.05) is 25.1 Å². The second-order valence-corrected chi connectivity index (χ2v) is 7.69. The van der Waals surface area contributed by atoms with Crippen molar-refractivity contribution in [3.63, 3.8) is 0 Å². The molecule has 0 radical (unpaired) electrons. The highest BCUT2D eigenvalue weighted by molar-refractivity contribution is 5.91. The van der Waals surface area contributed by atoms with Gasteiger partial charge < -0.3 is 14.7 Å². The third-order valence-electron chi connectivity index (χ3n) is 6.18. The molecule has 124 valence electrons. The van der Waals surface area contributed by atoms with Gasteiger partial charge in [0.25, 0.3) is 0 Å². The molecule has 1 aliphatic carbocycles. The summed E-state index contributed by atoms with van der Waals surface area (Å²) < 4.78 is 5.61. The van der Waals surface area contributed by atoms with Gasteiger partial charge in [0.2, 0.25) is 5.91 Å². The van der Waals surface area contributed by atoms with Gasteiger partial charge >= 0.3 is 0 Å². The van der Waals surface area contributed by atoms with E-state index in [2.05, 4.69) is 31.2 Å². The number of ether oxygens (including phenoxy) is 1. The van der Waals surface area contributed by atoms with Gasteiger partial charge in [-0.15, -0.1) is 0 Å². The molecule has 2 atom stereocenters. The van der Waals surface area contributed by atoms with Crippen molar-refractivity contribution in [2.75, 3.05) is 32.9 Å². The number of carbonyl (C=O) groups is 1. The molecule has 3 aliphatic rings. The van der Waals surface area contributed by atoms with Gasteiger partial charge in [0.15, 0.2) is 0 Å². The lowest BCUT2D eigenvalue weighted by atomic mass is 9.76. The Morgan fingerprint density at radius 3 is 2.70 bits per heavy atom. The summed E-state index contributed by atoms with van der Waals surface area (Å²) in [7, 11) is 0. The fraction of sp³-hybridized carbons (Fsp3) is 0.632. The Balaban J connectivity index is 1.57. The monoisotopic (exact) mass is 315 g/mol. The average molecular weight is 315 g/mol. The lowest BCUT2D eigenvalue weighted by Gasteiger charge is -2.36. The molecule has 0 unspecified atom stereocenters. The minimum absolute atomic E-state index is 0.110. The lowest BCUT2D eigenvalue weighted by Crippen LogP contribution is -2.44. The Labute approximate surface area is 137 Å². The molecule has 0 spiro atoms. The number of hydrogen-bond acceptors (Lipinski definition) is 3. The number of carbonyl (C=O) groups excluding carboxylic acids is 1. The SMILES string of the molecule is Cc1ccc(C2(C(=O)N3C[C@@H]4CCOC[C@]4(CO)C3)CC2)cc1. The highest BCUT2D eigenvalue weighted by Gasteiger charge is 2.57. The molecular weight excluding hydrogens is 290 g/mol. The van der Waals surface area contributed by atoms with Crippen molar-refractivity contribution in [3.8, 4) is 0 Å². The molecule has 2 saturated heterocycles. The van der Waals surface area contributed by atoms with Crippen LogP contribution in [0.5, 0.6) is 0 Å². The molecule has 4 heteroatoms. The molecule has 0 aromatic heterocycles. The Morgan fingerprint density at radius 2 is 2.09 bits per heavy atom. The smallest absolute Gasteiger partial charge is 0.233 e. The first-order chi connectivity index (χ1) is 11.1. The number of aliphatic hydroxyl groups excluding tert-OH is 1. The van der Waals surface area contributed by atoms with E-state index in [1.807, 2.05) is 4.90 Å². The first kappa shape index (κ1) is 15.2. The molecule has 2 aliphatic heterocycles. The molecule has 4 rings (SSSR count).